The third kappa shape index (κ3) is 4.56. The van der Waals surface area contributed by atoms with Gasteiger partial charge >= 0.3 is 12.4 Å². The highest BCUT2D eigenvalue weighted by Crippen LogP contribution is 2.35. The number of aromatic nitrogens is 2. The Labute approximate surface area is 153 Å². The van der Waals surface area contributed by atoms with E-state index in [1.807, 2.05) is 0 Å². The average molecular weight is 410 g/mol. The van der Waals surface area contributed by atoms with Crippen molar-refractivity contribution in [1.29, 1.82) is 0 Å². The lowest BCUT2D eigenvalue weighted by molar-refractivity contribution is -0.141. The summed E-state index contributed by atoms with van der Waals surface area (Å²) in [6.07, 6.45) is -9.03. The topological polar surface area (TPSA) is 51.4 Å². The van der Waals surface area contributed by atoms with Gasteiger partial charge in [0.25, 0.3) is 0 Å². The van der Waals surface area contributed by atoms with E-state index in [0.29, 0.717) is 22.9 Å². The van der Waals surface area contributed by atoms with Crippen molar-refractivity contribution in [3.05, 3.63) is 35.5 Å². The second kappa shape index (κ2) is 7.08. The van der Waals surface area contributed by atoms with Crippen LogP contribution in [0.5, 0.6) is 0 Å². The summed E-state index contributed by atoms with van der Waals surface area (Å²) in [6.45, 7) is 0.0110. The molecule has 1 aliphatic rings. The zero-order valence-electron chi connectivity index (χ0n) is 13.6. The van der Waals surface area contributed by atoms with Crippen LogP contribution in [0.3, 0.4) is 0 Å². The highest BCUT2D eigenvalue weighted by atomic mass is 32.2. The van der Waals surface area contributed by atoms with Crippen molar-refractivity contribution in [1.82, 2.24) is 15.3 Å². The number of amidine groups is 1. The molecule has 0 radical (unpaired) electrons. The van der Waals surface area contributed by atoms with Gasteiger partial charge in [0, 0.05) is 23.1 Å². The molecular formula is C15H12F6N4OS. The van der Waals surface area contributed by atoms with E-state index in [9.17, 15) is 26.3 Å². The Bertz CT molecular complexity index is 874. The minimum absolute atomic E-state index is 0.0110. The SMILES string of the molecule is Cn1nc(C(F)(F)F)cc1-c1ccc(C2=NCON2)c(SCC(F)(F)F)c1. The fourth-order valence-corrected chi connectivity index (χ4v) is 3.25. The molecule has 0 fully saturated rings. The highest BCUT2D eigenvalue weighted by Gasteiger charge is 2.35. The fraction of sp³-hybridized carbons (Fsp3) is 0.333. The number of alkyl halides is 6. The average Bonchev–Trinajstić information content (AvgIpc) is 3.21. The molecule has 0 aliphatic carbocycles. The maximum atomic E-state index is 12.9. The van der Waals surface area contributed by atoms with Crippen molar-refractivity contribution >= 4 is 17.6 Å². The number of aliphatic imine (C=N–C) groups is 1. The third-order valence-electron chi connectivity index (χ3n) is 3.55. The van der Waals surface area contributed by atoms with Crippen molar-refractivity contribution in [2.75, 3.05) is 12.5 Å². The predicted octanol–water partition coefficient (Wildman–Crippen LogP) is 4.00. The first kappa shape index (κ1) is 19.5. The normalized spacial score (nSPS) is 15.0. The number of rotatable bonds is 4. The largest absolute Gasteiger partial charge is 0.435 e. The Hall–Kier alpha value is -2.21. The maximum Gasteiger partial charge on any atom is 0.435 e. The molecule has 2 aromatic rings. The molecule has 5 nitrogen and oxygen atoms in total. The number of hydrogen-bond acceptors (Lipinski definition) is 5. The van der Waals surface area contributed by atoms with Crippen LogP contribution in [0.25, 0.3) is 11.3 Å². The van der Waals surface area contributed by atoms with Crippen molar-refractivity contribution in [2.24, 2.45) is 12.0 Å². The minimum atomic E-state index is -4.62. The van der Waals surface area contributed by atoms with E-state index < -0.39 is 23.8 Å². The van der Waals surface area contributed by atoms with Gasteiger partial charge in [0.15, 0.2) is 18.3 Å². The van der Waals surface area contributed by atoms with Gasteiger partial charge in [-0.2, -0.15) is 31.4 Å². The number of hydrogen-bond donors (Lipinski definition) is 1. The molecule has 12 heteroatoms. The number of aryl methyl sites for hydroxylation is 1. The van der Waals surface area contributed by atoms with Gasteiger partial charge in [-0.15, -0.1) is 11.8 Å². The predicted molar refractivity (Wildman–Crippen MR) is 86.0 cm³/mol. The van der Waals surface area contributed by atoms with Crippen LogP contribution in [0.15, 0.2) is 34.2 Å². The molecule has 0 bridgehead atoms. The minimum Gasteiger partial charge on any atom is -0.267 e. The van der Waals surface area contributed by atoms with E-state index in [4.69, 9.17) is 4.84 Å². The van der Waals surface area contributed by atoms with Gasteiger partial charge in [0.05, 0.1) is 11.4 Å². The molecule has 146 valence electrons. The van der Waals surface area contributed by atoms with Gasteiger partial charge in [-0.25, -0.2) is 10.5 Å². The van der Waals surface area contributed by atoms with Crippen LogP contribution in [0.2, 0.25) is 0 Å². The molecule has 1 aliphatic heterocycles. The second-order valence-electron chi connectivity index (χ2n) is 5.53. The van der Waals surface area contributed by atoms with E-state index in [-0.39, 0.29) is 23.2 Å². The summed E-state index contributed by atoms with van der Waals surface area (Å²) >= 11 is 0.515. The Morgan fingerprint density at radius 1 is 1.19 bits per heavy atom. The van der Waals surface area contributed by atoms with Crippen LogP contribution < -0.4 is 5.48 Å². The van der Waals surface area contributed by atoms with Crippen LogP contribution in [-0.4, -0.2) is 34.3 Å². The first-order chi connectivity index (χ1) is 12.5. The molecule has 0 atom stereocenters. The lowest BCUT2D eigenvalue weighted by atomic mass is 10.1. The third-order valence-corrected chi connectivity index (χ3v) is 4.67. The molecule has 0 spiro atoms. The molecule has 0 saturated carbocycles. The summed E-state index contributed by atoms with van der Waals surface area (Å²) in [5.41, 5.74) is 2.20. The quantitative estimate of drug-likeness (QED) is 0.612. The van der Waals surface area contributed by atoms with Gasteiger partial charge in [-0.1, -0.05) is 6.07 Å². The molecule has 2 heterocycles. The van der Waals surface area contributed by atoms with Gasteiger partial charge in [0.1, 0.15) is 0 Å². The van der Waals surface area contributed by atoms with Gasteiger partial charge in [0.2, 0.25) is 0 Å². The number of nitrogens with one attached hydrogen (secondary N) is 1. The molecule has 27 heavy (non-hydrogen) atoms. The summed E-state index contributed by atoms with van der Waals surface area (Å²) in [4.78, 5) is 9.06. The number of benzene rings is 1. The molecule has 0 amide bonds. The molecule has 1 aromatic heterocycles. The Balaban J connectivity index is 2.01. The van der Waals surface area contributed by atoms with E-state index in [0.717, 1.165) is 10.7 Å². The molecule has 0 saturated heterocycles. The molecular weight excluding hydrogens is 398 g/mol. The Kier molecular flexibility index (Phi) is 5.12. The number of hydroxylamine groups is 1. The van der Waals surface area contributed by atoms with Gasteiger partial charge in [-0.05, 0) is 18.2 Å². The first-order valence-corrected chi connectivity index (χ1v) is 8.41. The van der Waals surface area contributed by atoms with E-state index in [1.54, 1.807) is 0 Å². The number of halogens is 6. The number of thioether (sulfide) groups is 1. The molecule has 0 unspecified atom stereocenters. The van der Waals surface area contributed by atoms with Crippen LogP contribution in [-0.2, 0) is 18.1 Å². The van der Waals surface area contributed by atoms with Crippen LogP contribution >= 0.6 is 11.8 Å². The Morgan fingerprint density at radius 2 is 1.93 bits per heavy atom. The van der Waals surface area contributed by atoms with Crippen LogP contribution in [0, 0.1) is 0 Å². The van der Waals surface area contributed by atoms with Gasteiger partial charge in [-0.3, -0.25) is 9.52 Å². The summed E-state index contributed by atoms with van der Waals surface area (Å²) < 4.78 is 77.5. The fourth-order valence-electron chi connectivity index (χ4n) is 2.40. The summed E-state index contributed by atoms with van der Waals surface area (Å²) in [5, 5.41) is 3.42. The summed E-state index contributed by atoms with van der Waals surface area (Å²) in [6, 6.07) is 5.20. The van der Waals surface area contributed by atoms with E-state index in [1.165, 1.54) is 25.2 Å². The zero-order valence-corrected chi connectivity index (χ0v) is 14.5. The van der Waals surface area contributed by atoms with Crippen molar-refractivity contribution < 1.29 is 31.2 Å². The van der Waals surface area contributed by atoms with Gasteiger partial charge < -0.3 is 0 Å². The van der Waals surface area contributed by atoms with Crippen molar-refractivity contribution in [2.45, 2.75) is 17.2 Å². The lowest BCUT2D eigenvalue weighted by Gasteiger charge is -2.13. The Morgan fingerprint density at radius 3 is 2.48 bits per heavy atom. The first-order valence-electron chi connectivity index (χ1n) is 7.42. The summed E-state index contributed by atoms with van der Waals surface area (Å²) in [7, 11) is 1.33. The summed E-state index contributed by atoms with van der Waals surface area (Å²) in [5.74, 6) is -0.899. The van der Waals surface area contributed by atoms with E-state index >= 15 is 0 Å². The zero-order chi connectivity index (χ0) is 19.8. The molecule has 3 rings (SSSR count). The van der Waals surface area contributed by atoms with Crippen LogP contribution in [0.1, 0.15) is 11.3 Å². The van der Waals surface area contributed by atoms with E-state index in [2.05, 4.69) is 15.6 Å². The highest BCUT2D eigenvalue weighted by molar-refractivity contribution is 7.99. The smallest absolute Gasteiger partial charge is 0.267 e. The number of nitrogens with zero attached hydrogens (tertiary/aromatic N) is 3. The van der Waals surface area contributed by atoms with Crippen molar-refractivity contribution in [3.8, 4) is 11.3 Å². The standard InChI is InChI=1S/C15H12F6N4OS/c1-25-10(5-12(23-25)15(19,20)21)8-2-3-9(13-22-7-26-24-13)11(4-8)27-6-14(16,17)18/h2-5H,6-7H2,1H3,(H,22,24). The lowest BCUT2D eigenvalue weighted by Crippen LogP contribution is -2.19. The molecule has 1 aromatic carbocycles. The monoisotopic (exact) mass is 410 g/mol. The van der Waals surface area contributed by atoms with Crippen molar-refractivity contribution in [3.63, 3.8) is 0 Å². The maximum absolute atomic E-state index is 12.9. The van der Waals surface area contributed by atoms with Crippen LogP contribution in [0.4, 0.5) is 26.3 Å². The molecule has 1 N–H and O–H groups in total. The second-order valence-corrected chi connectivity index (χ2v) is 6.55.